The van der Waals surface area contributed by atoms with Crippen molar-refractivity contribution in [1.82, 2.24) is 9.97 Å². The molecular formula is C19H18N4O4. The van der Waals surface area contributed by atoms with E-state index < -0.39 is 16.1 Å². The molecule has 1 unspecified atom stereocenters. The molecule has 1 saturated heterocycles. The number of nitrogens with zero attached hydrogens (tertiary/aromatic N) is 3. The molecule has 4 rings (SSSR count). The van der Waals surface area contributed by atoms with E-state index in [1.54, 1.807) is 6.07 Å². The lowest BCUT2D eigenvalue weighted by atomic mass is 9.93. The number of nitrogens with one attached hydrogen (secondary N) is 1. The molecule has 1 N–H and O–H groups in total. The standard InChI is InChI=1S/C19H18N4O4/c1-19(13-5-3-2-4-6-13)11-22(7-8-27-19)16-10-15-14(9-17(16)23(25)26)18(24)21-12-20-15/h2-6,9-10,12H,7-8,11H2,1H3,(H,20,21,24). The molecule has 0 aliphatic carbocycles. The van der Waals surface area contributed by atoms with Crippen LogP contribution < -0.4 is 10.5 Å². The lowest BCUT2D eigenvalue weighted by Gasteiger charge is -2.41. The van der Waals surface area contributed by atoms with Crippen LogP contribution in [0.5, 0.6) is 0 Å². The highest BCUT2D eigenvalue weighted by Gasteiger charge is 2.36. The lowest BCUT2D eigenvalue weighted by molar-refractivity contribution is -0.384. The summed E-state index contributed by atoms with van der Waals surface area (Å²) in [5.74, 6) is 0. The number of morpholine rings is 1. The molecule has 0 spiro atoms. The Hall–Kier alpha value is -3.26. The zero-order chi connectivity index (χ0) is 19.0. The van der Waals surface area contributed by atoms with Gasteiger partial charge in [-0.2, -0.15) is 0 Å². The van der Waals surface area contributed by atoms with Crippen LogP contribution in [0.4, 0.5) is 11.4 Å². The summed E-state index contributed by atoms with van der Waals surface area (Å²) in [6.45, 7) is 3.37. The van der Waals surface area contributed by atoms with Crippen LogP contribution in [0, 0.1) is 10.1 Å². The van der Waals surface area contributed by atoms with Crippen molar-refractivity contribution in [2.45, 2.75) is 12.5 Å². The summed E-state index contributed by atoms with van der Waals surface area (Å²) < 4.78 is 6.03. The Labute approximate surface area is 154 Å². The first-order chi connectivity index (χ1) is 13.0. The number of anilines is 1. The van der Waals surface area contributed by atoms with Gasteiger partial charge in [0.1, 0.15) is 11.3 Å². The number of aromatic nitrogens is 2. The number of aromatic amines is 1. The summed E-state index contributed by atoms with van der Waals surface area (Å²) in [6.07, 6.45) is 1.30. The van der Waals surface area contributed by atoms with Gasteiger partial charge in [0.25, 0.3) is 11.2 Å². The topological polar surface area (TPSA) is 101 Å². The lowest BCUT2D eigenvalue weighted by Crippen LogP contribution is -2.48. The van der Waals surface area contributed by atoms with Gasteiger partial charge in [0.2, 0.25) is 0 Å². The summed E-state index contributed by atoms with van der Waals surface area (Å²) in [5.41, 5.74) is 0.768. The minimum atomic E-state index is -0.593. The monoisotopic (exact) mass is 366 g/mol. The number of hydrogen-bond donors (Lipinski definition) is 1. The Balaban J connectivity index is 1.80. The van der Waals surface area contributed by atoms with E-state index in [4.69, 9.17) is 4.74 Å². The summed E-state index contributed by atoms with van der Waals surface area (Å²) >= 11 is 0. The van der Waals surface area contributed by atoms with Crippen LogP contribution in [0.3, 0.4) is 0 Å². The van der Waals surface area contributed by atoms with E-state index in [0.717, 1.165) is 5.56 Å². The first kappa shape index (κ1) is 17.2. The van der Waals surface area contributed by atoms with Crippen LogP contribution in [0.2, 0.25) is 0 Å². The van der Waals surface area contributed by atoms with E-state index in [-0.39, 0.29) is 11.1 Å². The molecule has 1 aliphatic rings. The Morgan fingerprint density at radius 3 is 2.81 bits per heavy atom. The molecular weight excluding hydrogens is 348 g/mol. The van der Waals surface area contributed by atoms with E-state index >= 15 is 0 Å². The van der Waals surface area contributed by atoms with Gasteiger partial charge in [0, 0.05) is 12.6 Å². The first-order valence-electron chi connectivity index (χ1n) is 8.58. The van der Waals surface area contributed by atoms with Crippen molar-refractivity contribution in [3.63, 3.8) is 0 Å². The van der Waals surface area contributed by atoms with Gasteiger partial charge in [-0.15, -0.1) is 0 Å². The highest BCUT2D eigenvalue weighted by Crippen LogP contribution is 2.37. The highest BCUT2D eigenvalue weighted by molar-refractivity contribution is 5.87. The molecule has 8 nitrogen and oxygen atoms in total. The van der Waals surface area contributed by atoms with Gasteiger partial charge < -0.3 is 14.6 Å². The largest absolute Gasteiger partial charge is 0.367 e. The quantitative estimate of drug-likeness (QED) is 0.565. The molecule has 1 atom stereocenters. The minimum absolute atomic E-state index is 0.113. The predicted octanol–water partition coefficient (Wildman–Crippen LogP) is 2.58. The maximum Gasteiger partial charge on any atom is 0.293 e. The molecule has 1 aliphatic heterocycles. The van der Waals surface area contributed by atoms with Crippen molar-refractivity contribution >= 4 is 22.3 Å². The zero-order valence-electron chi connectivity index (χ0n) is 14.7. The Bertz CT molecular complexity index is 1070. The van der Waals surface area contributed by atoms with E-state index in [0.29, 0.717) is 30.9 Å². The van der Waals surface area contributed by atoms with E-state index in [9.17, 15) is 14.9 Å². The molecule has 1 fully saturated rings. The van der Waals surface area contributed by atoms with Crippen molar-refractivity contribution in [3.05, 3.63) is 74.8 Å². The molecule has 2 heterocycles. The third kappa shape index (κ3) is 3.04. The van der Waals surface area contributed by atoms with Crippen molar-refractivity contribution in [2.24, 2.45) is 0 Å². The zero-order valence-corrected chi connectivity index (χ0v) is 14.7. The fourth-order valence-corrected chi connectivity index (χ4v) is 3.53. The summed E-state index contributed by atoms with van der Waals surface area (Å²) in [4.78, 5) is 31.7. The fourth-order valence-electron chi connectivity index (χ4n) is 3.53. The molecule has 0 radical (unpaired) electrons. The maximum absolute atomic E-state index is 12.0. The molecule has 0 saturated carbocycles. The van der Waals surface area contributed by atoms with E-state index in [1.165, 1.54) is 12.4 Å². The van der Waals surface area contributed by atoms with Crippen molar-refractivity contribution in [3.8, 4) is 0 Å². The van der Waals surface area contributed by atoms with Crippen LogP contribution >= 0.6 is 0 Å². The van der Waals surface area contributed by atoms with Crippen molar-refractivity contribution in [1.29, 1.82) is 0 Å². The van der Waals surface area contributed by atoms with Gasteiger partial charge in [-0.3, -0.25) is 14.9 Å². The van der Waals surface area contributed by atoms with Gasteiger partial charge >= 0.3 is 0 Å². The summed E-state index contributed by atoms with van der Waals surface area (Å²) in [5, 5.41) is 11.9. The van der Waals surface area contributed by atoms with Crippen LogP contribution in [0.15, 0.2) is 53.6 Å². The van der Waals surface area contributed by atoms with Crippen LogP contribution in [-0.4, -0.2) is 34.6 Å². The smallest absolute Gasteiger partial charge is 0.293 e. The Morgan fingerprint density at radius 2 is 2.07 bits per heavy atom. The highest BCUT2D eigenvalue weighted by atomic mass is 16.6. The number of hydrogen-bond acceptors (Lipinski definition) is 6. The molecule has 0 bridgehead atoms. The average molecular weight is 366 g/mol. The number of nitro benzene ring substituents is 1. The second kappa shape index (κ2) is 6.48. The predicted molar refractivity (Wildman–Crippen MR) is 101 cm³/mol. The minimum Gasteiger partial charge on any atom is -0.367 e. The fraction of sp³-hybridized carbons (Fsp3) is 0.263. The maximum atomic E-state index is 12.0. The summed E-state index contributed by atoms with van der Waals surface area (Å²) in [7, 11) is 0. The second-order valence-corrected chi connectivity index (χ2v) is 6.71. The second-order valence-electron chi connectivity index (χ2n) is 6.71. The third-order valence-corrected chi connectivity index (χ3v) is 4.93. The van der Waals surface area contributed by atoms with Gasteiger partial charge in [-0.1, -0.05) is 30.3 Å². The molecule has 138 valence electrons. The van der Waals surface area contributed by atoms with Crippen LogP contribution in [0.1, 0.15) is 12.5 Å². The van der Waals surface area contributed by atoms with E-state index in [1.807, 2.05) is 42.2 Å². The van der Waals surface area contributed by atoms with Gasteiger partial charge in [0.05, 0.1) is 35.3 Å². The summed E-state index contributed by atoms with van der Waals surface area (Å²) in [6, 6.07) is 12.7. The molecule has 1 aromatic heterocycles. The van der Waals surface area contributed by atoms with E-state index in [2.05, 4.69) is 9.97 Å². The first-order valence-corrected chi connectivity index (χ1v) is 8.58. The van der Waals surface area contributed by atoms with Gasteiger partial charge in [-0.25, -0.2) is 4.98 Å². The van der Waals surface area contributed by atoms with Crippen molar-refractivity contribution in [2.75, 3.05) is 24.6 Å². The Morgan fingerprint density at radius 1 is 1.30 bits per heavy atom. The van der Waals surface area contributed by atoms with Crippen molar-refractivity contribution < 1.29 is 9.66 Å². The number of rotatable bonds is 3. The Kier molecular flexibility index (Phi) is 4.12. The molecule has 2 aromatic carbocycles. The number of H-pyrrole nitrogens is 1. The number of benzene rings is 2. The molecule has 27 heavy (non-hydrogen) atoms. The number of nitro groups is 1. The third-order valence-electron chi connectivity index (χ3n) is 4.93. The van der Waals surface area contributed by atoms with Gasteiger partial charge in [-0.05, 0) is 18.6 Å². The number of ether oxygens (including phenoxy) is 1. The van der Waals surface area contributed by atoms with Crippen LogP contribution in [0.25, 0.3) is 10.9 Å². The normalized spacial score (nSPS) is 20.0. The van der Waals surface area contributed by atoms with Crippen LogP contribution in [-0.2, 0) is 10.3 Å². The average Bonchev–Trinajstić information content (AvgIpc) is 2.68. The SMILES string of the molecule is CC1(c2ccccc2)CN(c2cc3nc[nH]c(=O)c3cc2[N+](=O)[O-])CCO1. The molecule has 0 amide bonds. The van der Waals surface area contributed by atoms with Gasteiger partial charge in [0.15, 0.2) is 0 Å². The molecule has 3 aromatic rings. The number of fused-ring (bicyclic) bond motifs is 1. The molecule has 8 heteroatoms.